The molecule has 0 radical (unpaired) electrons. The van der Waals surface area contributed by atoms with Gasteiger partial charge in [0.05, 0.1) is 15.8 Å². The van der Waals surface area contributed by atoms with Gasteiger partial charge in [-0.05, 0) is 49.6 Å². The highest BCUT2D eigenvalue weighted by atomic mass is 35.5. The van der Waals surface area contributed by atoms with E-state index in [9.17, 15) is 13.0 Å². The summed E-state index contributed by atoms with van der Waals surface area (Å²) in [5.41, 5.74) is 3.04. The number of allylic oxidation sites excluding steroid dienone is 2. The number of aryl methyl sites for hydroxylation is 1. The van der Waals surface area contributed by atoms with E-state index in [0.29, 0.717) is 23.2 Å². The van der Waals surface area contributed by atoms with Gasteiger partial charge in [0.2, 0.25) is 11.4 Å². The summed E-state index contributed by atoms with van der Waals surface area (Å²) in [5, 5.41) is 1.70. The maximum Gasteiger partial charge on any atom is 0.263 e. The Balaban J connectivity index is 1.70. The lowest BCUT2D eigenvalue weighted by atomic mass is 10.2. The molecule has 0 amide bonds. The van der Waals surface area contributed by atoms with Crippen LogP contribution in [0.2, 0.25) is 5.02 Å². The predicted molar refractivity (Wildman–Crippen MR) is 133 cm³/mol. The molecule has 0 unspecified atom stereocenters. The van der Waals surface area contributed by atoms with Gasteiger partial charge in [0.25, 0.3) is 5.01 Å². The highest BCUT2D eigenvalue weighted by Crippen LogP contribution is 2.41. The third kappa shape index (κ3) is 5.41. The van der Waals surface area contributed by atoms with E-state index in [1.165, 1.54) is 10.2 Å². The van der Waals surface area contributed by atoms with Crippen LogP contribution in [-0.4, -0.2) is 25.3 Å². The molecule has 0 aliphatic carbocycles. The van der Waals surface area contributed by atoms with E-state index < -0.39 is 15.9 Å². The van der Waals surface area contributed by atoms with Gasteiger partial charge in [0.15, 0.2) is 5.75 Å². The summed E-state index contributed by atoms with van der Waals surface area (Å²) in [6.07, 6.45) is 5.12. The van der Waals surface area contributed by atoms with Crippen molar-refractivity contribution in [2.24, 2.45) is 0 Å². The molecule has 1 aliphatic heterocycles. The highest BCUT2D eigenvalue weighted by molar-refractivity contribution is 7.85. The topological polar surface area (TPSA) is 73.5 Å². The van der Waals surface area contributed by atoms with Crippen LogP contribution in [0, 0.1) is 0 Å². The summed E-state index contributed by atoms with van der Waals surface area (Å²) >= 11 is 7.94. The summed E-state index contributed by atoms with van der Waals surface area (Å²) < 4.78 is 42.9. The number of hydrogen-bond acceptors (Lipinski definition) is 6. The Labute approximate surface area is 203 Å². The number of hydrogen-bond donors (Lipinski definition) is 0. The van der Waals surface area contributed by atoms with Crippen LogP contribution < -0.4 is 14.2 Å². The Morgan fingerprint density at radius 1 is 1.24 bits per heavy atom. The van der Waals surface area contributed by atoms with Gasteiger partial charge in [-0.15, -0.1) is 0 Å². The van der Waals surface area contributed by atoms with Crippen molar-refractivity contribution in [1.82, 2.24) is 0 Å². The SMILES string of the molecule is CCC(=Cc1sc2ccccc2[n+]1CC)C=C1Oc2ccc(Cl)cc2N1CCCS(=O)(=O)[O-]. The van der Waals surface area contributed by atoms with Gasteiger partial charge in [0.1, 0.15) is 11.2 Å². The fraction of sp³-hybridized carbons (Fsp3) is 0.292. The normalized spacial score (nSPS) is 15.3. The van der Waals surface area contributed by atoms with Crippen LogP contribution >= 0.6 is 22.9 Å². The zero-order valence-electron chi connectivity index (χ0n) is 18.5. The summed E-state index contributed by atoms with van der Waals surface area (Å²) in [6, 6.07) is 13.7. The lowest BCUT2D eigenvalue weighted by molar-refractivity contribution is -0.665. The first-order valence-electron chi connectivity index (χ1n) is 10.8. The standard InChI is InChI=1S/C24H25ClN2O4S2/c1-3-17(15-24-26(4-2)19-8-5-6-9-22(19)32-24)14-23-27(12-7-13-33(28,29)30)20-16-18(25)10-11-21(20)31-23/h5-6,8-11,14-16H,3-4,7,12-13H2,1-2H3. The van der Waals surface area contributed by atoms with Crippen LogP contribution in [0.5, 0.6) is 5.75 Å². The number of para-hydroxylation sites is 1. The molecule has 0 saturated carbocycles. The van der Waals surface area contributed by atoms with E-state index in [4.69, 9.17) is 16.3 Å². The fourth-order valence-electron chi connectivity index (χ4n) is 3.86. The molecule has 0 atom stereocenters. The van der Waals surface area contributed by atoms with Gasteiger partial charge in [-0.25, -0.2) is 8.42 Å². The van der Waals surface area contributed by atoms with Crippen molar-refractivity contribution >= 4 is 55.0 Å². The average Bonchev–Trinajstić information content (AvgIpc) is 3.29. The third-order valence-corrected chi connectivity index (χ3v) is 7.58. The number of ether oxygens (including phenoxy) is 1. The number of aromatic nitrogens is 1. The molecule has 2 heterocycles. The van der Waals surface area contributed by atoms with Crippen molar-refractivity contribution < 1.29 is 22.3 Å². The molecule has 6 nitrogen and oxygen atoms in total. The fourth-order valence-corrected chi connectivity index (χ4v) is 5.71. The zero-order valence-corrected chi connectivity index (χ0v) is 20.8. The highest BCUT2D eigenvalue weighted by Gasteiger charge is 2.27. The second kappa shape index (κ2) is 9.85. The van der Waals surface area contributed by atoms with Crippen LogP contribution in [0.15, 0.2) is 60.0 Å². The maximum absolute atomic E-state index is 11.1. The van der Waals surface area contributed by atoms with Crippen molar-refractivity contribution in [3.05, 3.63) is 70.0 Å². The van der Waals surface area contributed by atoms with Crippen LogP contribution in [0.25, 0.3) is 16.3 Å². The molecule has 0 fully saturated rings. The first-order valence-corrected chi connectivity index (χ1v) is 13.6. The van der Waals surface area contributed by atoms with Crippen molar-refractivity contribution in [1.29, 1.82) is 0 Å². The van der Waals surface area contributed by atoms with Crippen molar-refractivity contribution in [2.75, 3.05) is 17.2 Å². The molecule has 9 heteroatoms. The molecule has 1 aliphatic rings. The number of fused-ring (bicyclic) bond motifs is 2. The Bertz CT molecular complexity index is 1350. The van der Waals surface area contributed by atoms with E-state index in [1.54, 1.807) is 29.5 Å². The van der Waals surface area contributed by atoms with E-state index >= 15 is 0 Å². The molecule has 0 N–H and O–H groups in total. The largest absolute Gasteiger partial charge is 0.748 e. The molecular formula is C24H25ClN2O4S2. The molecule has 1 aromatic heterocycles. The molecule has 174 valence electrons. The Kier molecular flexibility index (Phi) is 7.09. The Morgan fingerprint density at radius 2 is 2.03 bits per heavy atom. The monoisotopic (exact) mass is 504 g/mol. The Morgan fingerprint density at radius 3 is 2.76 bits per heavy atom. The second-order valence-electron chi connectivity index (χ2n) is 7.69. The van der Waals surface area contributed by atoms with E-state index in [2.05, 4.69) is 36.6 Å². The number of thiazole rings is 1. The zero-order chi connectivity index (χ0) is 23.6. The number of nitrogens with zero attached hydrogens (tertiary/aromatic N) is 2. The molecule has 0 spiro atoms. The minimum Gasteiger partial charge on any atom is -0.748 e. The maximum atomic E-state index is 11.1. The summed E-state index contributed by atoms with van der Waals surface area (Å²) in [5.74, 6) is 0.811. The van der Waals surface area contributed by atoms with Gasteiger partial charge in [-0.2, -0.15) is 4.57 Å². The van der Waals surface area contributed by atoms with Crippen LogP contribution in [-0.2, 0) is 16.7 Å². The van der Waals surface area contributed by atoms with E-state index in [-0.39, 0.29) is 6.42 Å². The van der Waals surface area contributed by atoms with Gasteiger partial charge in [-0.3, -0.25) is 0 Å². The summed E-state index contributed by atoms with van der Waals surface area (Å²) in [4.78, 5) is 1.88. The molecule has 33 heavy (non-hydrogen) atoms. The van der Waals surface area contributed by atoms with E-state index in [1.807, 2.05) is 23.1 Å². The first-order chi connectivity index (χ1) is 15.8. The van der Waals surface area contributed by atoms with Gasteiger partial charge < -0.3 is 14.2 Å². The quantitative estimate of drug-likeness (QED) is 0.306. The van der Waals surface area contributed by atoms with Crippen molar-refractivity contribution in [3.8, 4) is 5.75 Å². The van der Waals surface area contributed by atoms with Gasteiger partial charge >= 0.3 is 0 Å². The van der Waals surface area contributed by atoms with Gasteiger partial charge in [0, 0.05) is 35.5 Å². The predicted octanol–water partition coefficient (Wildman–Crippen LogP) is 5.33. The lowest BCUT2D eigenvalue weighted by Crippen LogP contribution is -2.33. The van der Waals surface area contributed by atoms with Crippen molar-refractivity contribution in [3.63, 3.8) is 0 Å². The molecular weight excluding hydrogens is 480 g/mol. The van der Waals surface area contributed by atoms with Gasteiger partial charge in [-0.1, -0.05) is 42.0 Å². The smallest absolute Gasteiger partial charge is 0.263 e. The molecule has 2 aromatic carbocycles. The summed E-state index contributed by atoms with van der Waals surface area (Å²) in [7, 11) is -4.28. The second-order valence-corrected chi connectivity index (χ2v) is 10.7. The molecule has 0 saturated heterocycles. The minimum absolute atomic E-state index is 0.190. The first kappa shape index (κ1) is 23.8. The number of benzene rings is 2. The van der Waals surface area contributed by atoms with Crippen LogP contribution in [0.4, 0.5) is 5.69 Å². The minimum atomic E-state index is -4.28. The molecule has 3 aromatic rings. The number of halogens is 1. The molecule has 4 rings (SSSR count). The van der Waals surface area contributed by atoms with E-state index in [0.717, 1.165) is 29.2 Å². The summed E-state index contributed by atoms with van der Waals surface area (Å²) in [6.45, 7) is 5.40. The Hall–Kier alpha value is -2.39. The number of rotatable bonds is 8. The van der Waals surface area contributed by atoms with Crippen LogP contribution in [0.3, 0.4) is 0 Å². The number of anilines is 1. The molecule has 0 bridgehead atoms. The van der Waals surface area contributed by atoms with Crippen LogP contribution in [0.1, 0.15) is 31.7 Å². The van der Waals surface area contributed by atoms with Crippen molar-refractivity contribution in [2.45, 2.75) is 33.2 Å². The lowest BCUT2D eigenvalue weighted by Gasteiger charge is -2.19. The average molecular weight is 505 g/mol. The third-order valence-electron chi connectivity index (χ3n) is 5.45.